The number of nitrogens with two attached hydrogens (primary N) is 2. The quantitative estimate of drug-likeness (QED) is 0.370. The van der Waals surface area contributed by atoms with Crippen LogP contribution in [0.5, 0.6) is 0 Å². The van der Waals surface area contributed by atoms with Gasteiger partial charge in [-0.25, -0.2) is 4.79 Å². The molecule has 0 aliphatic carbocycles. The first kappa shape index (κ1) is 17.3. The number of nitrogen functional groups attached to an aromatic ring is 1. The molecule has 1 aromatic carbocycles. The molecule has 1 fully saturated rings. The largest absolute Gasteiger partial charge is 0.456 e. The fraction of sp³-hybridized carbons (Fsp3) is 0.533. The van der Waals surface area contributed by atoms with Crippen molar-refractivity contribution in [2.75, 3.05) is 18.8 Å². The van der Waals surface area contributed by atoms with Gasteiger partial charge in [0.15, 0.2) is 0 Å². The molecule has 0 amide bonds. The van der Waals surface area contributed by atoms with Gasteiger partial charge in [-0.15, -0.1) is 0 Å². The summed E-state index contributed by atoms with van der Waals surface area (Å²) in [5, 5.41) is 2.31. The summed E-state index contributed by atoms with van der Waals surface area (Å²) in [6.45, 7) is 6.23. The van der Waals surface area contributed by atoms with Crippen molar-refractivity contribution in [3.05, 3.63) is 24.8 Å². The first-order valence-electron chi connectivity index (χ1n) is 7.11. The van der Waals surface area contributed by atoms with E-state index in [0.717, 1.165) is 33.1 Å². The van der Waals surface area contributed by atoms with Crippen molar-refractivity contribution in [2.45, 2.75) is 32.3 Å². The highest BCUT2D eigenvalue weighted by Gasteiger charge is 2.36. The molecule has 4 N–H and O–H groups in total. The van der Waals surface area contributed by atoms with Crippen LogP contribution in [0, 0.1) is 13.1 Å². The van der Waals surface area contributed by atoms with Crippen molar-refractivity contribution in [3.8, 4) is 0 Å². The van der Waals surface area contributed by atoms with Crippen LogP contribution in [0.4, 0.5) is 5.69 Å². The zero-order chi connectivity index (χ0) is 15.6. The van der Waals surface area contributed by atoms with E-state index in [-0.39, 0.29) is 5.97 Å². The highest BCUT2D eigenvalue weighted by Crippen LogP contribution is 2.31. The molecule has 1 aliphatic heterocycles. The van der Waals surface area contributed by atoms with Crippen LogP contribution in [0.25, 0.3) is 0 Å². The number of rotatable bonds is 3. The Balaban J connectivity index is 2.17. The number of carbonyl (C=O) groups is 1. The smallest absolute Gasteiger partial charge is 0.340 e. The highest BCUT2D eigenvalue weighted by molar-refractivity contribution is 14.1. The van der Waals surface area contributed by atoms with Crippen molar-refractivity contribution in [1.82, 2.24) is 0 Å². The number of anilines is 1. The van der Waals surface area contributed by atoms with Crippen molar-refractivity contribution < 1.29 is 14.8 Å². The van der Waals surface area contributed by atoms with Gasteiger partial charge in [0.05, 0.1) is 24.3 Å². The van der Waals surface area contributed by atoms with Crippen LogP contribution < -0.4 is 11.1 Å². The molecule has 2 rings (SSSR count). The predicted octanol–water partition coefficient (Wildman–Crippen LogP) is 2.39. The van der Waals surface area contributed by atoms with Gasteiger partial charge >= 0.3 is 5.97 Å². The molecule has 0 aromatic heterocycles. The average Bonchev–Trinajstić information content (AvgIpc) is 2.43. The number of hydrogen-bond acceptors (Lipinski definition) is 3. The van der Waals surface area contributed by atoms with E-state index in [2.05, 4.69) is 50.5 Å². The molecule has 1 saturated heterocycles. The fourth-order valence-corrected chi connectivity index (χ4v) is 4.60. The van der Waals surface area contributed by atoms with Gasteiger partial charge in [-0.05, 0) is 71.2 Å². The van der Waals surface area contributed by atoms with Gasteiger partial charge in [0.2, 0.25) is 0 Å². The molecule has 6 heteroatoms. The van der Waals surface area contributed by atoms with Crippen molar-refractivity contribution >= 4 is 56.8 Å². The summed E-state index contributed by atoms with van der Waals surface area (Å²) in [6, 6.07) is 3.75. The molecule has 4 nitrogen and oxygen atoms in total. The SMILES string of the molecule is CC(C)(OC(=O)c1cc(I)cc(I)c1N)C1CC[NH2+]CC1. The molecule has 0 unspecified atom stereocenters. The third kappa shape index (κ3) is 4.22. The van der Waals surface area contributed by atoms with Gasteiger partial charge < -0.3 is 15.8 Å². The molecule has 0 atom stereocenters. The lowest BCUT2D eigenvalue weighted by molar-refractivity contribution is -0.665. The summed E-state index contributed by atoms with van der Waals surface area (Å²) in [5.41, 5.74) is 6.56. The van der Waals surface area contributed by atoms with Gasteiger partial charge in [-0.2, -0.15) is 0 Å². The number of hydrogen-bond donors (Lipinski definition) is 2. The zero-order valence-corrected chi connectivity index (χ0v) is 16.6. The van der Waals surface area contributed by atoms with Crippen LogP contribution in [-0.4, -0.2) is 24.7 Å². The topological polar surface area (TPSA) is 68.9 Å². The second-order valence-electron chi connectivity index (χ2n) is 5.98. The van der Waals surface area contributed by atoms with Crippen molar-refractivity contribution in [1.29, 1.82) is 0 Å². The molecule has 1 heterocycles. The molecule has 1 aliphatic rings. The second kappa shape index (κ2) is 6.99. The highest BCUT2D eigenvalue weighted by atomic mass is 127. The Labute approximate surface area is 152 Å². The van der Waals surface area contributed by atoms with E-state index in [1.54, 1.807) is 6.07 Å². The molecular formula is C15H21I2N2O2+. The number of piperidine rings is 1. The summed E-state index contributed by atoms with van der Waals surface area (Å²) in [4.78, 5) is 12.5. The van der Waals surface area contributed by atoms with Crippen LogP contribution in [0.1, 0.15) is 37.0 Å². The third-order valence-electron chi connectivity index (χ3n) is 4.09. The maximum absolute atomic E-state index is 12.5. The minimum Gasteiger partial charge on any atom is -0.456 e. The number of ether oxygens (including phenoxy) is 1. The Morgan fingerprint density at radius 2 is 1.95 bits per heavy atom. The number of esters is 1. The van der Waals surface area contributed by atoms with Crippen molar-refractivity contribution in [3.63, 3.8) is 0 Å². The maximum Gasteiger partial charge on any atom is 0.340 e. The van der Waals surface area contributed by atoms with E-state index in [9.17, 15) is 4.79 Å². The lowest BCUT2D eigenvalue weighted by atomic mass is 9.83. The Morgan fingerprint density at radius 1 is 1.33 bits per heavy atom. The molecule has 21 heavy (non-hydrogen) atoms. The Hall–Kier alpha value is -0.0900. The molecule has 0 spiro atoms. The number of quaternary nitrogens is 1. The standard InChI is InChI=1S/C15H20I2N2O2/c1-15(2,9-3-5-19-6-4-9)21-14(20)11-7-10(16)8-12(17)13(11)18/h7-9,19H,3-6,18H2,1-2H3/p+1. The van der Waals surface area contributed by atoms with Gasteiger partial charge in [-0.1, -0.05) is 0 Å². The molecule has 0 saturated carbocycles. The summed E-state index contributed by atoms with van der Waals surface area (Å²) in [7, 11) is 0. The minimum atomic E-state index is -0.454. The summed E-state index contributed by atoms with van der Waals surface area (Å²) in [6.07, 6.45) is 2.17. The van der Waals surface area contributed by atoms with Crippen LogP contribution in [-0.2, 0) is 4.74 Å². The average molecular weight is 515 g/mol. The van der Waals surface area contributed by atoms with Gasteiger partial charge in [0.1, 0.15) is 5.60 Å². The first-order valence-corrected chi connectivity index (χ1v) is 9.26. The van der Waals surface area contributed by atoms with E-state index in [1.807, 2.05) is 19.9 Å². The molecular weight excluding hydrogens is 494 g/mol. The second-order valence-corrected chi connectivity index (χ2v) is 8.39. The van der Waals surface area contributed by atoms with Gasteiger partial charge in [0.25, 0.3) is 0 Å². The van der Waals surface area contributed by atoms with Crippen LogP contribution in [0.15, 0.2) is 12.1 Å². The molecule has 1 aromatic rings. The monoisotopic (exact) mass is 515 g/mol. The summed E-state index contributed by atoms with van der Waals surface area (Å²) in [5.74, 6) is 0.0954. The lowest BCUT2D eigenvalue weighted by Crippen LogP contribution is -2.86. The number of carbonyl (C=O) groups excluding carboxylic acids is 1. The third-order valence-corrected chi connectivity index (χ3v) is 5.61. The van der Waals surface area contributed by atoms with E-state index >= 15 is 0 Å². The predicted molar refractivity (Wildman–Crippen MR) is 100 cm³/mol. The molecule has 116 valence electrons. The Bertz CT molecular complexity index is 541. The molecule has 0 radical (unpaired) electrons. The normalized spacial score (nSPS) is 16.8. The van der Waals surface area contributed by atoms with Crippen LogP contribution in [0.3, 0.4) is 0 Å². The van der Waals surface area contributed by atoms with Gasteiger partial charge in [0, 0.05) is 25.9 Å². The summed E-state index contributed by atoms with van der Waals surface area (Å²) < 4.78 is 7.69. The lowest BCUT2D eigenvalue weighted by Gasteiger charge is -2.35. The summed E-state index contributed by atoms with van der Waals surface area (Å²) >= 11 is 4.34. The maximum atomic E-state index is 12.5. The minimum absolute atomic E-state index is 0.316. The number of benzene rings is 1. The zero-order valence-electron chi connectivity index (χ0n) is 12.3. The van der Waals surface area contributed by atoms with E-state index in [0.29, 0.717) is 17.2 Å². The first-order chi connectivity index (χ1) is 9.81. The van der Waals surface area contributed by atoms with Gasteiger partial charge in [-0.3, -0.25) is 0 Å². The Kier molecular flexibility index (Phi) is 5.75. The van der Waals surface area contributed by atoms with Crippen molar-refractivity contribution in [2.24, 2.45) is 5.92 Å². The van der Waals surface area contributed by atoms with E-state index in [4.69, 9.17) is 10.5 Å². The fourth-order valence-electron chi connectivity index (χ4n) is 2.75. The Morgan fingerprint density at radius 3 is 2.57 bits per heavy atom. The van der Waals surface area contributed by atoms with E-state index in [1.165, 1.54) is 0 Å². The molecule has 0 bridgehead atoms. The van der Waals surface area contributed by atoms with E-state index < -0.39 is 5.60 Å². The number of halogens is 2. The van der Waals surface area contributed by atoms with Crippen LogP contribution in [0.2, 0.25) is 0 Å². The van der Waals surface area contributed by atoms with Crippen LogP contribution >= 0.6 is 45.2 Å².